The van der Waals surface area contributed by atoms with E-state index in [4.69, 9.17) is 10.2 Å². The Hall–Kier alpha value is -4.30. The van der Waals surface area contributed by atoms with Crippen molar-refractivity contribution in [2.75, 3.05) is 67.6 Å². The third-order valence-corrected chi connectivity index (χ3v) is 13.6. The molecule has 0 unspecified atom stereocenters. The number of nitrogens with zero attached hydrogens (tertiary/aromatic N) is 2. The zero-order valence-electron chi connectivity index (χ0n) is 39.0. The minimum atomic E-state index is -0.534. The lowest BCUT2D eigenvalue weighted by Crippen LogP contribution is -3.00. The van der Waals surface area contributed by atoms with Crippen molar-refractivity contribution in [2.45, 2.75) is 103 Å². The van der Waals surface area contributed by atoms with Crippen LogP contribution in [0.3, 0.4) is 0 Å². The van der Waals surface area contributed by atoms with Gasteiger partial charge in [0.25, 0.3) is 0 Å². The molecule has 14 heteroatoms. The van der Waals surface area contributed by atoms with Gasteiger partial charge in [-0.05, 0) is 49.9 Å². The van der Waals surface area contributed by atoms with E-state index in [1.54, 1.807) is 24.3 Å². The predicted octanol–water partition coefficient (Wildman–Crippen LogP) is 2.50. The second kappa shape index (κ2) is 24.3. The van der Waals surface area contributed by atoms with Crippen LogP contribution in [0.25, 0.3) is 0 Å². The molecule has 0 atom stereocenters. The molecule has 1 aliphatic carbocycles. The maximum Gasteiger partial charge on any atom is 0.129 e. The summed E-state index contributed by atoms with van der Waals surface area (Å²) in [6, 6.07) is 12.2. The van der Waals surface area contributed by atoms with Crippen molar-refractivity contribution in [1.82, 2.24) is 0 Å². The van der Waals surface area contributed by atoms with Crippen LogP contribution in [0, 0.1) is 0 Å². The number of benzene rings is 4. The Kier molecular flexibility index (Phi) is 21.2. The number of hydrogen-bond acceptors (Lipinski definition) is 10. The summed E-state index contributed by atoms with van der Waals surface area (Å²) < 4.78 is 2.71. The molecule has 3 fully saturated rings. The third kappa shape index (κ3) is 11.9. The van der Waals surface area contributed by atoms with Crippen molar-refractivity contribution in [3.05, 3.63) is 93.0 Å². The van der Waals surface area contributed by atoms with Gasteiger partial charge in [0.15, 0.2) is 0 Å². The van der Waals surface area contributed by atoms with E-state index in [1.165, 1.54) is 72.5 Å². The van der Waals surface area contributed by atoms with E-state index < -0.39 is 23.7 Å². The van der Waals surface area contributed by atoms with Crippen LogP contribution < -0.4 is 24.8 Å². The van der Waals surface area contributed by atoms with Crippen molar-refractivity contribution in [3.8, 4) is 46.0 Å². The molecule has 4 aromatic carbocycles. The number of phenols is 8. The topological polar surface area (TPSA) is 202 Å². The maximum absolute atomic E-state index is 11.3. The largest absolute Gasteiger partial charge is 1.00 e. The first-order valence-corrected chi connectivity index (χ1v) is 22.4. The van der Waals surface area contributed by atoms with Crippen LogP contribution in [0.1, 0.15) is 147 Å². The van der Waals surface area contributed by atoms with E-state index in [0.29, 0.717) is 95.9 Å². The minimum Gasteiger partial charge on any atom is -1.00 e. The highest BCUT2D eigenvalue weighted by atomic mass is 35.5. The van der Waals surface area contributed by atoms with Gasteiger partial charge >= 0.3 is 0 Å². The fourth-order valence-corrected chi connectivity index (χ4v) is 9.87. The van der Waals surface area contributed by atoms with E-state index in [1.807, 2.05) is 27.7 Å². The summed E-state index contributed by atoms with van der Waals surface area (Å²) in [5.41, 5.74) is 3.84. The zero-order valence-corrected chi connectivity index (χ0v) is 40.5. The summed E-state index contributed by atoms with van der Waals surface area (Å²) in [6.45, 7) is 16.5. The Labute approximate surface area is 392 Å². The van der Waals surface area contributed by atoms with Crippen molar-refractivity contribution in [1.29, 1.82) is 0 Å². The van der Waals surface area contributed by atoms with Gasteiger partial charge in [0.1, 0.15) is 85.3 Å². The smallest absolute Gasteiger partial charge is 0.129 e. The van der Waals surface area contributed by atoms with Crippen LogP contribution in [-0.2, 0) is 0 Å². The number of hydrogen-bond donors (Lipinski definition) is 10. The highest BCUT2D eigenvalue weighted by Crippen LogP contribution is 2.52. The normalized spacial score (nSPS) is 22.7. The van der Waals surface area contributed by atoms with Gasteiger partial charge in [-0.15, -0.1) is 0 Å². The van der Waals surface area contributed by atoms with E-state index in [2.05, 4.69) is 14.1 Å². The summed E-state index contributed by atoms with van der Waals surface area (Å²) in [5.74, 6) is -3.32. The molecule has 12 nitrogen and oxygen atoms in total. The van der Waals surface area contributed by atoms with E-state index >= 15 is 0 Å². The van der Waals surface area contributed by atoms with Crippen molar-refractivity contribution in [2.24, 2.45) is 0 Å². The number of piperazine rings is 3. The molecule has 3 saturated heterocycles. The average Bonchev–Trinajstić information content (AvgIpc) is 3.24. The summed E-state index contributed by atoms with van der Waals surface area (Å²) in [4.78, 5) is 0. The van der Waals surface area contributed by atoms with Crippen LogP contribution in [0.4, 0.5) is 0 Å². The molecule has 10 N–H and O–H groups in total. The van der Waals surface area contributed by atoms with Crippen LogP contribution in [0.15, 0.2) is 48.5 Å². The van der Waals surface area contributed by atoms with Gasteiger partial charge in [-0.3, -0.25) is 0 Å². The van der Waals surface area contributed by atoms with Gasteiger partial charge in [0.2, 0.25) is 0 Å². The van der Waals surface area contributed by atoms with Gasteiger partial charge < -0.3 is 84.8 Å². The van der Waals surface area contributed by atoms with Crippen LogP contribution in [0.2, 0.25) is 0 Å². The van der Waals surface area contributed by atoms with Gasteiger partial charge in [-0.1, -0.05) is 53.4 Å². The van der Waals surface area contributed by atoms with Crippen molar-refractivity contribution < 1.29 is 84.8 Å². The fourth-order valence-electron chi connectivity index (χ4n) is 9.87. The quantitative estimate of drug-likeness (QED) is 0.117. The van der Waals surface area contributed by atoms with E-state index in [9.17, 15) is 40.9 Å². The standard InChI is InChI=1S/C40H48O8.C8H18N2.2CH4O.2ClH/c1-5-9-21-25-13-27(35(43)17-33(25)41)22(10-6-2)29-15-31(39(47)19-37(29)45)24(12-8-4)32-16-30(38(46)20-40(32)48)23(11-7-3)28-14-26(21)34(42)18-36(28)44;1-9-3-6-10(2,7-4-9)8-5-9;2*1-2;;/h13-24,41-48H,5-12H2,1-4H3;3-8H2,1-2H3;2*2H,1H3;2*1H/q;+2;;;;/p-2. The molecule has 3 heterocycles. The molecular weight excluding hydrogens is 859 g/mol. The monoisotopic (exact) mass is 932 g/mol. The molecule has 4 aromatic rings. The summed E-state index contributed by atoms with van der Waals surface area (Å²) in [7, 11) is 6.81. The number of likely N-dealkylation sites (N-methyl/N-ethyl adjacent to an activating group) is 2. The van der Waals surface area contributed by atoms with Crippen LogP contribution >= 0.6 is 0 Å². The lowest BCUT2D eigenvalue weighted by molar-refractivity contribution is -1.06. The molecule has 10 bridgehead atoms. The van der Waals surface area contributed by atoms with Gasteiger partial charge in [0, 0.05) is 107 Å². The van der Waals surface area contributed by atoms with E-state index in [0.717, 1.165) is 14.2 Å². The van der Waals surface area contributed by atoms with Gasteiger partial charge in [-0.25, -0.2) is 0 Å². The van der Waals surface area contributed by atoms with E-state index in [-0.39, 0.29) is 70.8 Å². The number of aliphatic hydroxyl groups excluding tert-OH is 2. The number of halogens is 2. The lowest BCUT2D eigenvalue weighted by atomic mass is 9.77. The Morgan fingerprint density at radius 2 is 0.469 bits per heavy atom. The first-order chi connectivity index (χ1) is 29.6. The highest BCUT2D eigenvalue weighted by molar-refractivity contribution is 5.62. The minimum absolute atomic E-state index is 0. The number of phenolic OH excluding ortho intramolecular Hbond substituents is 8. The SMILES string of the molecule is CCCC1c2cc(c(O)cc2O)C(CCC)c2cc(c(O)cc2O)C(CCC)c2cc(c(O)cc2O)C(CCC)c2cc1c(O)cc2O.CO.CO.C[N+]12CC[N+](C)(CC1)CC2.[Cl-].[Cl-]. The molecular formula is C50H74Cl2N2O10. The zero-order chi connectivity index (χ0) is 46.1. The number of quaternary nitrogens is 2. The number of rotatable bonds is 8. The molecule has 0 aromatic heterocycles. The van der Waals surface area contributed by atoms with Crippen molar-refractivity contribution >= 4 is 0 Å². The maximum atomic E-state index is 11.3. The number of aromatic hydroxyl groups is 8. The Bertz CT molecular complexity index is 1730. The molecule has 358 valence electrons. The first-order valence-electron chi connectivity index (χ1n) is 22.4. The van der Waals surface area contributed by atoms with Gasteiger partial charge in [-0.2, -0.15) is 0 Å². The Morgan fingerprint density at radius 1 is 0.328 bits per heavy atom. The molecule has 0 radical (unpaired) electrons. The van der Waals surface area contributed by atoms with Crippen LogP contribution in [0.5, 0.6) is 46.0 Å². The van der Waals surface area contributed by atoms with Crippen molar-refractivity contribution in [3.63, 3.8) is 0 Å². The predicted molar refractivity (Wildman–Crippen MR) is 244 cm³/mol. The molecule has 4 aliphatic rings. The highest BCUT2D eigenvalue weighted by Gasteiger charge is 2.43. The van der Waals surface area contributed by atoms with Crippen LogP contribution in [-0.4, -0.2) is 128 Å². The summed E-state index contributed by atoms with van der Waals surface area (Å²) >= 11 is 0. The van der Waals surface area contributed by atoms with Gasteiger partial charge in [0.05, 0.1) is 14.1 Å². The Morgan fingerprint density at radius 3 is 0.594 bits per heavy atom. The molecule has 0 spiro atoms. The summed E-state index contributed by atoms with van der Waals surface area (Å²) in [6.07, 6.45) is 4.85. The second-order valence-corrected chi connectivity index (χ2v) is 17.8. The lowest BCUT2D eigenvalue weighted by Gasteiger charge is -2.52. The molecule has 8 rings (SSSR count). The second-order valence-electron chi connectivity index (χ2n) is 17.8. The molecule has 64 heavy (non-hydrogen) atoms. The Balaban J connectivity index is 0.000000755. The fraction of sp³-hybridized carbons (Fsp3) is 0.520. The number of aliphatic hydroxyl groups is 2. The average molecular weight is 934 g/mol. The first kappa shape index (κ1) is 55.8. The molecule has 0 saturated carbocycles. The molecule has 0 amide bonds. The number of fused-ring (bicyclic) bond motifs is 11. The summed E-state index contributed by atoms with van der Waals surface area (Å²) in [5, 5.41) is 104. The third-order valence-electron chi connectivity index (χ3n) is 13.6. The molecule has 3 aliphatic heterocycles.